The predicted molar refractivity (Wildman–Crippen MR) is 104 cm³/mol. The van der Waals surface area contributed by atoms with Crippen LogP contribution >= 0.6 is 23.2 Å². The first-order valence-electron chi connectivity index (χ1n) is 7.37. The van der Waals surface area contributed by atoms with Gasteiger partial charge in [0, 0.05) is 17.6 Å². The number of rotatable bonds is 8. The fourth-order valence-electron chi connectivity index (χ4n) is 1.98. The second kappa shape index (κ2) is 8.63. The van der Waals surface area contributed by atoms with Gasteiger partial charge in [0.15, 0.2) is 5.75 Å². The maximum absolute atomic E-state index is 12.2. The van der Waals surface area contributed by atoms with Crippen LogP contribution in [0.15, 0.2) is 41.3 Å². The number of halogens is 2. The number of benzene rings is 2. The molecule has 2 aromatic rings. The fraction of sp³-hybridized carbons (Fsp3) is 0.200. The Bertz CT molecular complexity index is 1040. The number of anilines is 1. The third-order valence-electron chi connectivity index (χ3n) is 3.08. The van der Waals surface area contributed by atoms with Crippen LogP contribution in [-0.2, 0) is 20.0 Å². The van der Waals surface area contributed by atoms with Crippen molar-refractivity contribution in [1.29, 1.82) is 0 Å². The SMILES string of the molecule is CS(=O)(=O)Nc1ccc(S(=O)(=O)NCCO)cc1Oc1ccc(Cl)cc1Cl. The van der Waals surface area contributed by atoms with Crippen LogP contribution in [0.4, 0.5) is 5.69 Å². The van der Waals surface area contributed by atoms with E-state index in [9.17, 15) is 16.8 Å². The molecule has 27 heavy (non-hydrogen) atoms. The fourth-order valence-corrected chi connectivity index (χ4v) is 4.03. The Balaban J connectivity index is 2.50. The van der Waals surface area contributed by atoms with Crippen LogP contribution in [0.25, 0.3) is 0 Å². The first-order valence-corrected chi connectivity index (χ1v) is 11.5. The molecule has 0 spiro atoms. The highest BCUT2D eigenvalue weighted by Crippen LogP contribution is 2.36. The zero-order valence-electron chi connectivity index (χ0n) is 13.9. The van der Waals surface area contributed by atoms with Gasteiger partial charge in [0.05, 0.1) is 28.5 Å². The van der Waals surface area contributed by atoms with Crippen LogP contribution in [0.3, 0.4) is 0 Å². The summed E-state index contributed by atoms with van der Waals surface area (Å²) in [5.74, 6) is 0.0620. The van der Waals surface area contributed by atoms with Crippen molar-refractivity contribution in [2.75, 3.05) is 24.1 Å². The molecule has 0 radical (unpaired) electrons. The van der Waals surface area contributed by atoms with Gasteiger partial charge in [0.1, 0.15) is 5.75 Å². The highest BCUT2D eigenvalue weighted by molar-refractivity contribution is 7.92. The van der Waals surface area contributed by atoms with Crippen molar-refractivity contribution < 1.29 is 26.7 Å². The van der Waals surface area contributed by atoms with Crippen molar-refractivity contribution >= 4 is 48.9 Å². The molecule has 0 heterocycles. The van der Waals surface area contributed by atoms with E-state index in [0.717, 1.165) is 12.3 Å². The molecule has 0 amide bonds. The molecular formula is C15H16Cl2N2O6S2. The van der Waals surface area contributed by atoms with E-state index in [1.165, 1.54) is 30.3 Å². The van der Waals surface area contributed by atoms with E-state index < -0.39 is 20.0 Å². The van der Waals surface area contributed by atoms with Gasteiger partial charge >= 0.3 is 0 Å². The van der Waals surface area contributed by atoms with E-state index >= 15 is 0 Å². The van der Waals surface area contributed by atoms with E-state index in [2.05, 4.69) is 9.44 Å². The van der Waals surface area contributed by atoms with Gasteiger partial charge < -0.3 is 9.84 Å². The van der Waals surface area contributed by atoms with Crippen molar-refractivity contribution in [3.8, 4) is 11.5 Å². The summed E-state index contributed by atoms with van der Waals surface area (Å²) in [7, 11) is -7.59. The van der Waals surface area contributed by atoms with Crippen LogP contribution in [0, 0.1) is 0 Å². The zero-order valence-corrected chi connectivity index (χ0v) is 17.1. The summed E-state index contributed by atoms with van der Waals surface area (Å²) in [6, 6.07) is 7.97. The van der Waals surface area contributed by atoms with Crippen LogP contribution < -0.4 is 14.2 Å². The molecule has 0 aromatic heterocycles. The molecule has 0 saturated heterocycles. The Morgan fingerprint density at radius 1 is 1.04 bits per heavy atom. The summed E-state index contributed by atoms with van der Waals surface area (Å²) < 4.78 is 57.7. The molecule has 0 aliphatic heterocycles. The number of sulfonamides is 2. The van der Waals surface area contributed by atoms with Gasteiger partial charge in [0.25, 0.3) is 0 Å². The molecule has 0 unspecified atom stereocenters. The molecule has 3 N–H and O–H groups in total. The second-order valence-electron chi connectivity index (χ2n) is 5.33. The third-order valence-corrected chi connectivity index (χ3v) is 5.66. The van der Waals surface area contributed by atoms with Crippen molar-refractivity contribution in [2.45, 2.75) is 4.90 Å². The molecule has 2 rings (SSSR count). The molecule has 0 bridgehead atoms. The van der Waals surface area contributed by atoms with E-state index in [1.807, 2.05) is 0 Å². The molecule has 0 aliphatic rings. The van der Waals surface area contributed by atoms with Gasteiger partial charge in [0.2, 0.25) is 20.0 Å². The Labute approximate surface area is 167 Å². The molecule has 2 aromatic carbocycles. The second-order valence-corrected chi connectivity index (χ2v) is 9.69. The van der Waals surface area contributed by atoms with Gasteiger partial charge in [-0.1, -0.05) is 23.2 Å². The highest BCUT2D eigenvalue weighted by Gasteiger charge is 2.19. The van der Waals surface area contributed by atoms with Gasteiger partial charge in [-0.2, -0.15) is 0 Å². The van der Waals surface area contributed by atoms with E-state index in [1.54, 1.807) is 0 Å². The van der Waals surface area contributed by atoms with Crippen LogP contribution in [0.2, 0.25) is 10.0 Å². The lowest BCUT2D eigenvalue weighted by Gasteiger charge is -2.15. The predicted octanol–water partition coefficient (Wildman–Crippen LogP) is 2.43. The minimum absolute atomic E-state index is 0.0182. The zero-order chi connectivity index (χ0) is 20.2. The molecule has 148 valence electrons. The quantitative estimate of drug-likeness (QED) is 0.562. The lowest BCUT2D eigenvalue weighted by molar-refractivity contribution is 0.301. The topological polar surface area (TPSA) is 122 Å². The molecule has 0 saturated carbocycles. The summed E-state index contributed by atoms with van der Waals surface area (Å²) >= 11 is 11.9. The molecular weight excluding hydrogens is 439 g/mol. The number of aliphatic hydroxyl groups is 1. The van der Waals surface area contributed by atoms with Gasteiger partial charge in [-0.25, -0.2) is 21.6 Å². The largest absolute Gasteiger partial charge is 0.454 e. The summed E-state index contributed by atoms with van der Waals surface area (Å²) in [6.45, 7) is -0.554. The summed E-state index contributed by atoms with van der Waals surface area (Å²) in [5, 5.41) is 9.32. The van der Waals surface area contributed by atoms with Crippen LogP contribution in [0.1, 0.15) is 0 Å². The first-order chi connectivity index (χ1) is 12.5. The number of hydrogen-bond donors (Lipinski definition) is 3. The summed E-state index contributed by atoms with van der Waals surface area (Å²) in [5.41, 5.74) is 0.0182. The minimum Gasteiger partial charge on any atom is -0.454 e. The average molecular weight is 455 g/mol. The van der Waals surface area contributed by atoms with Crippen molar-refractivity contribution in [3.05, 3.63) is 46.4 Å². The molecule has 0 atom stereocenters. The highest BCUT2D eigenvalue weighted by atomic mass is 35.5. The van der Waals surface area contributed by atoms with Crippen molar-refractivity contribution in [3.63, 3.8) is 0 Å². The number of aliphatic hydroxyl groups excluding tert-OH is 1. The molecule has 8 nitrogen and oxygen atoms in total. The summed E-state index contributed by atoms with van der Waals surface area (Å²) in [6.07, 6.45) is 0.944. The number of nitrogens with one attached hydrogen (secondary N) is 2. The van der Waals surface area contributed by atoms with E-state index in [-0.39, 0.29) is 40.3 Å². The standard InChI is InChI=1S/C15H16Cl2N2O6S2/c1-26(21,22)19-13-4-3-11(27(23,24)18-6-7-20)9-15(13)25-14-5-2-10(16)8-12(14)17/h2-5,8-9,18-20H,6-7H2,1H3. The van der Waals surface area contributed by atoms with Crippen molar-refractivity contribution in [2.24, 2.45) is 0 Å². The van der Waals surface area contributed by atoms with Gasteiger partial charge in [-0.15, -0.1) is 0 Å². The maximum atomic E-state index is 12.2. The van der Waals surface area contributed by atoms with Crippen LogP contribution in [0.5, 0.6) is 11.5 Å². The molecule has 0 fully saturated rings. The molecule has 12 heteroatoms. The van der Waals surface area contributed by atoms with Crippen LogP contribution in [-0.4, -0.2) is 41.3 Å². The van der Waals surface area contributed by atoms with Gasteiger partial charge in [-0.3, -0.25) is 4.72 Å². The number of ether oxygens (including phenoxy) is 1. The minimum atomic E-state index is -3.94. The molecule has 0 aliphatic carbocycles. The monoisotopic (exact) mass is 454 g/mol. The summed E-state index contributed by atoms with van der Waals surface area (Å²) in [4.78, 5) is -0.185. The van der Waals surface area contributed by atoms with Crippen molar-refractivity contribution in [1.82, 2.24) is 4.72 Å². The average Bonchev–Trinajstić information content (AvgIpc) is 2.55. The smallest absolute Gasteiger partial charge is 0.240 e. The van der Waals surface area contributed by atoms with Gasteiger partial charge in [-0.05, 0) is 30.3 Å². The lowest BCUT2D eigenvalue weighted by atomic mass is 10.3. The first kappa shape index (κ1) is 21.7. The maximum Gasteiger partial charge on any atom is 0.240 e. The normalized spacial score (nSPS) is 12.0. The van der Waals surface area contributed by atoms with E-state index in [0.29, 0.717) is 5.02 Å². The Morgan fingerprint density at radius 3 is 2.33 bits per heavy atom. The lowest BCUT2D eigenvalue weighted by Crippen LogP contribution is -2.26. The Hall–Kier alpha value is -1.56. The Kier molecular flexibility index (Phi) is 6.95. The Morgan fingerprint density at radius 2 is 1.74 bits per heavy atom. The third kappa shape index (κ3) is 6.23. The van der Waals surface area contributed by atoms with E-state index in [4.69, 9.17) is 33.0 Å². The number of hydrogen-bond acceptors (Lipinski definition) is 6.